The Bertz CT molecular complexity index is 631. The number of imidazole rings is 1. The molecule has 1 aromatic carbocycles. The number of hydrogen-bond acceptors (Lipinski definition) is 2. The minimum absolute atomic E-state index is 0.110. The van der Waals surface area contributed by atoms with E-state index >= 15 is 0 Å². The number of hydrogen-bond donors (Lipinski definition) is 0. The quantitative estimate of drug-likeness (QED) is 0.871. The molecule has 1 aromatic heterocycles. The molecule has 122 valence electrons. The standard InChI is InChI=1S/C18H24N4O/c1-20(18(23)21-11-6-3-7-12-21)15-17-19-10-13-22(17)14-16-8-4-2-5-9-16/h2,4-5,8-10,13H,3,6-7,11-12,14-15H2,1H3. The van der Waals surface area contributed by atoms with Crippen LogP contribution in [0.25, 0.3) is 0 Å². The van der Waals surface area contributed by atoms with Gasteiger partial charge in [-0.3, -0.25) is 0 Å². The molecular formula is C18H24N4O. The molecule has 1 aliphatic rings. The zero-order valence-electron chi connectivity index (χ0n) is 13.7. The minimum Gasteiger partial charge on any atom is -0.329 e. The minimum atomic E-state index is 0.110. The van der Waals surface area contributed by atoms with Gasteiger partial charge in [0.05, 0.1) is 6.54 Å². The van der Waals surface area contributed by atoms with Gasteiger partial charge in [-0.2, -0.15) is 0 Å². The molecule has 0 N–H and O–H groups in total. The lowest BCUT2D eigenvalue weighted by molar-refractivity contribution is 0.149. The van der Waals surface area contributed by atoms with E-state index in [0.29, 0.717) is 6.54 Å². The number of urea groups is 1. The number of aromatic nitrogens is 2. The van der Waals surface area contributed by atoms with Crippen LogP contribution in [0, 0.1) is 0 Å². The molecule has 2 heterocycles. The first-order valence-corrected chi connectivity index (χ1v) is 8.28. The van der Waals surface area contributed by atoms with E-state index in [-0.39, 0.29) is 6.03 Å². The molecule has 0 spiro atoms. The second kappa shape index (κ2) is 7.31. The lowest BCUT2D eigenvalue weighted by Gasteiger charge is -2.31. The highest BCUT2D eigenvalue weighted by atomic mass is 16.2. The van der Waals surface area contributed by atoms with Crippen molar-refractivity contribution in [1.29, 1.82) is 0 Å². The normalized spacial score (nSPS) is 14.7. The number of carbonyl (C=O) groups excluding carboxylic acids is 1. The number of likely N-dealkylation sites (tertiary alicyclic amines) is 1. The number of carbonyl (C=O) groups is 1. The Kier molecular flexibility index (Phi) is 4.95. The van der Waals surface area contributed by atoms with E-state index in [9.17, 15) is 4.79 Å². The summed E-state index contributed by atoms with van der Waals surface area (Å²) in [6, 6.07) is 10.4. The molecule has 0 aliphatic carbocycles. The van der Waals surface area contributed by atoms with Crippen LogP contribution in [0.15, 0.2) is 42.7 Å². The summed E-state index contributed by atoms with van der Waals surface area (Å²) in [6.07, 6.45) is 7.23. The van der Waals surface area contributed by atoms with E-state index in [1.54, 1.807) is 11.1 Å². The summed E-state index contributed by atoms with van der Waals surface area (Å²) in [7, 11) is 1.86. The van der Waals surface area contributed by atoms with Crippen molar-refractivity contribution in [2.45, 2.75) is 32.4 Å². The summed E-state index contributed by atoms with van der Waals surface area (Å²) in [5.74, 6) is 0.918. The van der Waals surface area contributed by atoms with Gasteiger partial charge in [-0.25, -0.2) is 9.78 Å². The smallest absolute Gasteiger partial charge is 0.320 e. The third-order valence-electron chi connectivity index (χ3n) is 4.33. The lowest BCUT2D eigenvalue weighted by Crippen LogP contribution is -2.43. The van der Waals surface area contributed by atoms with Gasteiger partial charge >= 0.3 is 6.03 Å². The van der Waals surface area contributed by atoms with Gasteiger partial charge in [0.2, 0.25) is 0 Å². The number of nitrogens with zero attached hydrogens (tertiary/aromatic N) is 4. The fraction of sp³-hybridized carbons (Fsp3) is 0.444. The van der Waals surface area contributed by atoms with Gasteiger partial charge in [0.25, 0.3) is 0 Å². The SMILES string of the molecule is CN(Cc1nccn1Cc1ccccc1)C(=O)N1CCCCC1. The molecule has 3 rings (SSSR count). The van der Waals surface area contributed by atoms with E-state index in [4.69, 9.17) is 0 Å². The summed E-state index contributed by atoms with van der Waals surface area (Å²) in [5, 5.41) is 0. The fourth-order valence-electron chi connectivity index (χ4n) is 3.02. The van der Waals surface area contributed by atoms with Crippen molar-refractivity contribution in [3.05, 3.63) is 54.1 Å². The van der Waals surface area contributed by atoms with E-state index in [0.717, 1.165) is 38.3 Å². The molecule has 2 amide bonds. The van der Waals surface area contributed by atoms with Crippen LogP contribution in [-0.2, 0) is 13.1 Å². The second-order valence-electron chi connectivity index (χ2n) is 6.14. The van der Waals surface area contributed by atoms with Crippen molar-refractivity contribution in [2.24, 2.45) is 0 Å². The van der Waals surface area contributed by atoms with Crippen LogP contribution in [0.4, 0.5) is 4.79 Å². The van der Waals surface area contributed by atoms with Crippen molar-refractivity contribution >= 4 is 6.03 Å². The summed E-state index contributed by atoms with van der Waals surface area (Å²) in [6.45, 7) is 3.07. The second-order valence-corrected chi connectivity index (χ2v) is 6.14. The van der Waals surface area contributed by atoms with Crippen LogP contribution in [0.3, 0.4) is 0 Å². The zero-order valence-corrected chi connectivity index (χ0v) is 13.7. The molecule has 1 saturated heterocycles. The average molecular weight is 312 g/mol. The first-order valence-electron chi connectivity index (χ1n) is 8.28. The first kappa shape index (κ1) is 15.6. The highest BCUT2D eigenvalue weighted by Crippen LogP contribution is 2.13. The zero-order chi connectivity index (χ0) is 16.1. The number of amides is 2. The molecule has 1 aliphatic heterocycles. The van der Waals surface area contributed by atoms with E-state index in [1.165, 1.54) is 12.0 Å². The fourth-order valence-corrected chi connectivity index (χ4v) is 3.02. The Balaban J connectivity index is 1.63. The van der Waals surface area contributed by atoms with Crippen LogP contribution >= 0.6 is 0 Å². The van der Waals surface area contributed by atoms with Crippen LogP contribution in [0.5, 0.6) is 0 Å². The third kappa shape index (κ3) is 3.92. The van der Waals surface area contributed by atoms with Gasteiger partial charge in [0, 0.05) is 39.1 Å². The summed E-state index contributed by atoms with van der Waals surface area (Å²) < 4.78 is 2.11. The number of benzene rings is 1. The molecule has 5 nitrogen and oxygen atoms in total. The third-order valence-corrected chi connectivity index (χ3v) is 4.33. The van der Waals surface area contributed by atoms with Crippen molar-refractivity contribution in [3.63, 3.8) is 0 Å². The highest BCUT2D eigenvalue weighted by molar-refractivity contribution is 5.74. The first-order chi connectivity index (χ1) is 11.2. The lowest BCUT2D eigenvalue weighted by atomic mass is 10.1. The van der Waals surface area contributed by atoms with Gasteiger partial charge < -0.3 is 14.4 Å². The predicted octanol–water partition coefficient (Wildman–Crippen LogP) is 2.97. The molecule has 0 bridgehead atoms. The van der Waals surface area contributed by atoms with Crippen LogP contribution in [0.1, 0.15) is 30.7 Å². The van der Waals surface area contributed by atoms with Crippen molar-refractivity contribution in [1.82, 2.24) is 19.4 Å². The molecular weight excluding hydrogens is 288 g/mol. The van der Waals surface area contributed by atoms with E-state index < -0.39 is 0 Å². The molecule has 0 radical (unpaired) electrons. The van der Waals surface area contributed by atoms with Gasteiger partial charge in [-0.1, -0.05) is 30.3 Å². The molecule has 0 atom stereocenters. The van der Waals surface area contributed by atoms with Gasteiger partial charge in [-0.05, 0) is 24.8 Å². The Morgan fingerprint density at radius 2 is 1.91 bits per heavy atom. The molecule has 1 fully saturated rings. The molecule has 23 heavy (non-hydrogen) atoms. The molecule has 0 saturated carbocycles. The summed E-state index contributed by atoms with van der Waals surface area (Å²) in [5.41, 5.74) is 1.23. The highest BCUT2D eigenvalue weighted by Gasteiger charge is 2.21. The van der Waals surface area contributed by atoms with E-state index in [2.05, 4.69) is 21.7 Å². The van der Waals surface area contributed by atoms with Crippen LogP contribution < -0.4 is 0 Å². The van der Waals surface area contributed by atoms with E-state index in [1.807, 2.05) is 36.3 Å². The maximum Gasteiger partial charge on any atom is 0.320 e. The Labute approximate surface area is 137 Å². The van der Waals surface area contributed by atoms with Crippen LogP contribution in [0.2, 0.25) is 0 Å². The maximum absolute atomic E-state index is 12.5. The molecule has 2 aromatic rings. The maximum atomic E-state index is 12.5. The van der Waals surface area contributed by atoms with Crippen LogP contribution in [-0.4, -0.2) is 45.5 Å². The summed E-state index contributed by atoms with van der Waals surface area (Å²) in [4.78, 5) is 20.7. The van der Waals surface area contributed by atoms with Crippen molar-refractivity contribution in [3.8, 4) is 0 Å². The van der Waals surface area contributed by atoms with Crippen molar-refractivity contribution < 1.29 is 4.79 Å². The molecule has 0 unspecified atom stereocenters. The average Bonchev–Trinajstić information content (AvgIpc) is 3.02. The monoisotopic (exact) mass is 312 g/mol. The Hall–Kier alpha value is -2.30. The molecule has 5 heteroatoms. The Morgan fingerprint density at radius 1 is 1.17 bits per heavy atom. The predicted molar refractivity (Wildman–Crippen MR) is 90.1 cm³/mol. The van der Waals surface area contributed by atoms with Gasteiger partial charge in [0.15, 0.2) is 0 Å². The topological polar surface area (TPSA) is 41.4 Å². The Morgan fingerprint density at radius 3 is 2.65 bits per heavy atom. The van der Waals surface area contributed by atoms with Gasteiger partial charge in [-0.15, -0.1) is 0 Å². The summed E-state index contributed by atoms with van der Waals surface area (Å²) >= 11 is 0. The largest absolute Gasteiger partial charge is 0.329 e. The number of piperidine rings is 1. The number of rotatable bonds is 4. The van der Waals surface area contributed by atoms with Crippen molar-refractivity contribution in [2.75, 3.05) is 20.1 Å². The van der Waals surface area contributed by atoms with Gasteiger partial charge in [0.1, 0.15) is 5.82 Å².